The van der Waals surface area contributed by atoms with Crippen LogP contribution in [0.3, 0.4) is 0 Å². The quantitative estimate of drug-likeness (QED) is 0.251. The molecular weight excluding hydrogens is 488 g/mol. The van der Waals surface area contributed by atoms with Crippen LogP contribution in [-0.4, -0.2) is 10.2 Å². The molecule has 4 unspecified atom stereocenters. The summed E-state index contributed by atoms with van der Waals surface area (Å²) in [6, 6.07) is 34.0. The van der Waals surface area contributed by atoms with Gasteiger partial charge in [-0.3, -0.25) is 0 Å². The molecule has 2 heteroatoms. The third kappa shape index (κ3) is 4.16. The van der Waals surface area contributed by atoms with Gasteiger partial charge in [0, 0.05) is 0 Å². The van der Waals surface area contributed by atoms with Gasteiger partial charge in [0.2, 0.25) is 0 Å². The second-order valence-electron chi connectivity index (χ2n) is 12.7. The molecule has 40 heavy (non-hydrogen) atoms. The van der Waals surface area contributed by atoms with Crippen molar-refractivity contribution in [3.63, 3.8) is 0 Å². The summed E-state index contributed by atoms with van der Waals surface area (Å²) in [4.78, 5) is 0. The Morgan fingerprint density at radius 1 is 0.550 bits per heavy atom. The Labute approximate surface area is 239 Å². The fourth-order valence-corrected chi connectivity index (χ4v) is 8.00. The number of hydrogen-bond acceptors (Lipinski definition) is 2. The normalized spacial score (nSPS) is 25.4. The standard InChI is InChI=1S/C38H42O2/c1-25(2)37(39)29(23-33-31(17-11-19-35(33)37)27-13-7-5-8-14-27)21-22-30-24-34-32(28-15-9-6-10-16-28)18-12-20-36(34)38(30,40)26(3)4/h5-20,25-26,29-30,39-40H,21-24H2,1-4H3. The van der Waals surface area contributed by atoms with Gasteiger partial charge in [-0.2, -0.15) is 0 Å². The van der Waals surface area contributed by atoms with Crippen LogP contribution >= 0.6 is 0 Å². The second-order valence-corrected chi connectivity index (χ2v) is 12.7. The molecule has 4 aromatic carbocycles. The topological polar surface area (TPSA) is 40.5 Å². The summed E-state index contributed by atoms with van der Waals surface area (Å²) in [5.41, 5.74) is 7.89. The number of fused-ring (bicyclic) bond motifs is 2. The molecule has 2 aliphatic carbocycles. The van der Waals surface area contributed by atoms with Gasteiger partial charge < -0.3 is 10.2 Å². The van der Waals surface area contributed by atoms with E-state index in [0.29, 0.717) is 0 Å². The van der Waals surface area contributed by atoms with Crippen LogP contribution in [0.2, 0.25) is 0 Å². The maximum absolute atomic E-state index is 12.4. The van der Waals surface area contributed by atoms with Gasteiger partial charge >= 0.3 is 0 Å². The predicted octanol–water partition coefficient (Wildman–Crippen LogP) is 8.53. The molecule has 2 nitrogen and oxygen atoms in total. The average molecular weight is 531 g/mol. The predicted molar refractivity (Wildman–Crippen MR) is 165 cm³/mol. The summed E-state index contributed by atoms with van der Waals surface area (Å²) < 4.78 is 0. The minimum atomic E-state index is -0.878. The Bertz CT molecular complexity index is 1370. The van der Waals surface area contributed by atoms with E-state index < -0.39 is 11.2 Å². The lowest BCUT2D eigenvalue weighted by Crippen LogP contribution is -2.40. The molecule has 0 fully saturated rings. The maximum atomic E-state index is 12.4. The lowest BCUT2D eigenvalue weighted by Gasteiger charge is -2.38. The molecule has 2 aliphatic rings. The fraction of sp³-hybridized carbons (Fsp3) is 0.368. The zero-order valence-corrected chi connectivity index (χ0v) is 24.3. The Morgan fingerprint density at radius 2 is 0.925 bits per heavy atom. The smallest absolute Gasteiger partial charge is 0.0953 e. The van der Waals surface area contributed by atoms with Crippen molar-refractivity contribution in [3.8, 4) is 22.3 Å². The van der Waals surface area contributed by atoms with Crippen LogP contribution in [0.1, 0.15) is 62.8 Å². The van der Waals surface area contributed by atoms with Crippen molar-refractivity contribution in [2.75, 3.05) is 0 Å². The second kappa shape index (κ2) is 10.3. The summed E-state index contributed by atoms with van der Waals surface area (Å²) in [6.45, 7) is 8.61. The molecule has 4 atom stereocenters. The molecule has 0 heterocycles. The monoisotopic (exact) mass is 530 g/mol. The summed E-state index contributed by atoms with van der Waals surface area (Å²) in [7, 11) is 0. The van der Waals surface area contributed by atoms with Gasteiger partial charge in [0.05, 0.1) is 11.2 Å². The van der Waals surface area contributed by atoms with E-state index in [4.69, 9.17) is 0 Å². The van der Waals surface area contributed by atoms with Crippen LogP contribution in [-0.2, 0) is 24.0 Å². The first-order chi connectivity index (χ1) is 19.3. The first-order valence-electron chi connectivity index (χ1n) is 15.1. The van der Waals surface area contributed by atoms with Crippen LogP contribution in [0, 0.1) is 23.7 Å². The molecular formula is C38H42O2. The summed E-state index contributed by atoms with van der Waals surface area (Å²) in [5.74, 6) is 0.417. The minimum Gasteiger partial charge on any atom is -0.385 e. The highest BCUT2D eigenvalue weighted by atomic mass is 16.3. The summed E-state index contributed by atoms with van der Waals surface area (Å²) in [5, 5.41) is 24.7. The van der Waals surface area contributed by atoms with Crippen LogP contribution in [0.4, 0.5) is 0 Å². The van der Waals surface area contributed by atoms with E-state index in [9.17, 15) is 10.2 Å². The molecule has 0 amide bonds. The van der Waals surface area contributed by atoms with Crippen LogP contribution in [0.5, 0.6) is 0 Å². The third-order valence-electron chi connectivity index (χ3n) is 10.2. The largest absolute Gasteiger partial charge is 0.385 e. The van der Waals surface area contributed by atoms with Gasteiger partial charge in [0.1, 0.15) is 0 Å². The highest BCUT2D eigenvalue weighted by Crippen LogP contribution is 2.54. The van der Waals surface area contributed by atoms with Crippen molar-refractivity contribution in [3.05, 3.63) is 119 Å². The molecule has 6 rings (SSSR count). The Hall–Kier alpha value is -3.20. The molecule has 0 saturated carbocycles. The third-order valence-corrected chi connectivity index (χ3v) is 10.2. The van der Waals surface area contributed by atoms with E-state index in [1.54, 1.807) is 0 Å². The fourth-order valence-electron chi connectivity index (χ4n) is 8.00. The van der Waals surface area contributed by atoms with E-state index >= 15 is 0 Å². The number of hydrogen-bond donors (Lipinski definition) is 2. The summed E-state index contributed by atoms with van der Waals surface area (Å²) in [6.07, 6.45) is 3.49. The Morgan fingerprint density at radius 3 is 1.27 bits per heavy atom. The average Bonchev–Trinajstić information content (AvgIpc) is 3.45. The van der Waals surface area contributed by atoms with Crippen LogP contribution < -0.4 is 0 Å². The molecule has 0 saturated heterocycles. The first-order valence-corrected chi connectivity index (χ1v) is 15.1. The first kappa shape index (κ1) is 27.0. The van der Waals surface area contributed by atoms with Gasteiger partial charge in [-0.15, -0.1) is 0 Å². The van der Waals surface area contributed by atoms with Crippen LogP contribution in [0.15, 0.2) is 97.1 Å². The van der Waals surface area contributed by atoms with E-state index in [-0.39, 0.29) is 23.7 Å². The van der Waals surface area contributed by atoms with E-state index in [2.05, 4.69) is 125 Å². The van der Waals surface area contributed by atoms with E-state index in [1.165, 1.54) is 33.4 Å². The highest BCUT2D eigenvalue weighted by molar-refractivity contribution is 5.71. The number of aliphatic hydroxyl groups is 2. The van der Waals surface area contributed by atoms with Crippen LogP contribution in [0.25, 0.3) is 22.3 Å². The Balaban J connectivity index is 1.33. The molecule has 0 radical (unpaired) electrons. The maximum Gasteiger partial charge on any atom is 0.0953 e. The zero-order chi connectivity index (χ0) is 28.1. The summed E-state index contributed by atoms with van der Waals surface area (Å²) >= 11 is 0. The molecule has 0 spiro atoms. The minimum absolute atomic E-state index is 0.0965. The van der Waals surface area contributed by atoms with Gasteiger partial charge in [0.15, 0.2) is 0 Å². The lowest BCUT2D eigenvalue weighted by molar-refractivity contribution is -0.0766. The highest BCUT2D eigenvalue weighted by Gasteiger charge is 2.51. The molecule has 4 aromatic rings. The molecule has 0 aromatic heterocycles. The van der Waals surface area contributed by atoms with Gasteiger partial charge in [-0.05, 0) is 93.9 Å². The van der Waals surface area contributed by atoms with Crippen molar-refractivity contribution in [2.45, 2.75) is 64.6 Å². The van der Waals surface area contributed by atoms with Crippen molar-refractivity contribution in [2.24, 2.45) is 23.7 Å². The number of rotatable bonds is 7. The van der Waals surface area contributed by atoms with Crippen molar-refractivity contribution < 1.29 is 10.2 Å². The zero-order valence-electron chi connectivity index (χ0n) is 24.3. The van der Waals surface area contributed by atoms with Crippen molar-refractivity contribution in [1.29, 1.82) is 0 Å². The van der Waals surface area contributed by atoms with Gasteiger partial charge in [-0.1, -0.05) is 125 Å². The van der Waals surface area contributed by atoms with Gasteiger partial charge in [0.25, 0.3) is 0 Å². The molecule has 0 bridgehead atoms. The van der Waals surface area contributed by atoms with Crippen molar-refractivity contribution in [1.82, 2.24) is 0 Å². The molecule has 2 N–H and O–H groups in total. The van der Waals surface area contributed by atoms with Gasteiger partial charge in [-0.25, -0.2) is 0 Å². The Kier molecular flexibility index (Phi) is 6.97. The molecule has 206 valence electrons. The van der Waals surface area contributed by atoms with Crippen molar-refractivity contribution >= 4 is 0 Å². The van der Waals surface area contributed by atoms with E-state index in [1.807, 2.05) is 0 Å². The lowest BCUT2D eigenvalue weighted by atomic mass is 9.72. The molecule has 0 aliphatic heterocycles. The SMILES string of the molecule is CC(C)C1(O)c2cccc(-c3ccccc3)c2CC1CCC1Cc2c(-c3ccccc3)cccc2C1(O)C(C)C. The van der Waals surface area contributed by atoms with E-state index in [0.717, 1.165) is 36.8 Å². The number of benzene rings is 4.